The Morgan fingerprint density at radius 1 is 0.680 bits per heavy atom. The highest BCUT2D eigenvalue weighted by Crippen LogP contribution is 2.19. The molecule has 0 aromatic carbocycles. The molecular formula is C19H44NO4P. The average Bonchev–Trinajstić information content (AvgIpc) is 2.51. The van der Waals surface area contributed by atoms with Crippen LogP contribution in [0.1, 0.15) is 97.8 Å². The number of quaternary nitrogens is 1. The Kier molecular flexibility index (Phi) is 19.1. The van der Waals surface area contributed by atoms with Gasteiger partial charge in [0, 0.05) is 0 Å². The van der Waals surface area contributed by atoms with E-state index < -0.39 is 7.82 Å². The lowest BCUT2D eigenvalue weighted by molar-refractivity contribution is -0.910. The molecule has 0 aromatic rings. The zero-order valence-electron chi connectivity index (χ0n) is 17.2. The van der Waals surface area contributed by atoms with Crippen molar-refractivity contribution in [2.75, 3.05) is 26.7 Å². The van der Waals surface area contributed by atoms with Crippen molar-refractivity contribution in [3.63, 3.8) is 0 Å². The molecule has 0 atom stereocenters. The number of phosphoric acid groups is 1. The molecule has 0 amide bonds. The second kappa shape index (κ2) is 17.5. The van der Waals surface area contributed by atoms with Gasteiger partial charge in [-0.25, -0.2) is 0 Å². The van der Waals surface area contributed by atoms with Crippen LogP contribution in [0.15, 0.2) is 0 Å². The smallest absolute Gasteiger partial charge is 0.262 e. The molecule has 0 fully saturated rings. The molecule has 0 unspecified atom stereocenters. The third-order valence-electron chi connectivity index (χ3n) is 4.65. The SMILES string of the molecule is CCCCCC[N+](C)(CCCCCC)CCCCCC.O=P([O-])(O)O. The molecule has 5 nitrogen and oxygen atoms in total. The van der Waals surface area contributed by atoms with Crippen molar-refractivity contribution in [3.05, 3.63) is 0 Å². The molecular weight excluding hydrogens is 337 g/mol. The van der Waals surface area contributed by atoms with Crippen LogP contribution in [-0.4, -0.2) is 41.0 Å². The highest BCUT2D eigenvalue weighted by atomic mass is 31.2. The first kappa shape index (κ1) is 27.3. The van der Waals surface area contributed by atoms with Gasteiger partial charge < -0.3 is 19.2 Å². The minimum Gasteiger partial charge on any atom is -0.756 e. The van der Waals surface area contributed by atoms with Crippen molar-refractivity contribution in [2.24, 2.45) is 0 Å². The predicted molar refractivity (Wildman–Crippen MR) is 105 cm³/mol. The predicted octanol–water partition coefficient (Wildman–Crippen LogP) is 4.61. The third-order valence-corrected chi connectivity index (χ3v) is 4.65. The van der Waals surface area contributed by atoms with Gasteiger partial charge in [-0.1, -0.05) is 59.3 Å². The van der Waals surface area contributed by atoms with E-state index in [-0.39, 0.29) is 0 Å². The zero-order chi connectivity index (χ0) is 19.6. The van der Waals surface area contributed by atoms with Gasteiger partial charge in [0.25, 0.3) is 7.82 Å². The van der Waals surface area contributed by atoms with E-state index in [0.717, 1.165) is 0 Å². The summed E-state index contributed by atoms with van der Waals surface area (Å²) >= 11 is 0. The Hall–Kier alpha value is 0.0700. The molecule has 0 saturated heterocycles. The van der Waals surface area contributed by atoms with Crippen molar-refractivity contribution in [1.82, 2.24) is 0 Å². The normalized spacial score (nSPS) is 12.0. The average molecular weight is 382 g/mol. The summed E-state index contributed by atoms with van der Waals surface area (Å²) in [5, 5.41) is 0. The topological polar surface area (TPSA) is 80.6 Å². The van der Waals surface area contributed by atoms with Crippen LogP contribution >= 0.6 is 7.82 Å². The molecule has 25 heavy (non-hydrogen) atoms. The monoisotopic (exact) mass is 381 g/mol. The van der Waals surface area contributed by atoms with Gasteiger partial charge in [0.2, 0.25) is 0 Å². The van der Waals surface area contributed by atoms with Gasteiger partial charge >= 0.3 is 0 Å². The highest BCUT2D eigenvalue weighted by molar-refractivity contribution is 7.43. The lowest BCUT2D eigenvalue weighted by Crippen LogP contribution is -2.46. The van der Waals surface area contributed by atoms with Crippen LogP contribution in [0.4, 0.5) is 0 Å². The Morgan fingerprint density at radius 3 is 1.12 bits per heavy atom. The Balaban J connectivity index is 0. The van der Waals surface area contributed by atoms with E-state index in [1.54, 1.807) is 0 Å². The summed E-state index contributed by atoms with van der Waals surface area (Å²) in [4.78, 5) is 22.9. The summed E-state index contributed by atoms with van der Waals surface area (Å²) in [6.45, 7) is 11.2. The summed E-state index contributed by atoms with van der Waals surface area (Å²) in [6.07, 6.45) is 17.0. The van der Waals surface area contributed by atoms with Gasteiger partial charge in [0.15, 0.2) is 0 Å². The van der Waals surface area contributed by atoms with Crippen LogP contribution in [0, 0.1) is 0 Å². The van der Waals surface area contributed by atoms with E-state index >= 15 is 0 Å². The largest absolute Gasteiger partial charge is 0.756 e. The maximum absolute atomic E-state index is 8.77. The number of hydrogen-bond donors (Lipinski definition) is 2. The van der Waals surface area contributed by atoms with E-state index in [1.165, 1.54) is 101 Å². The molecule has 0 radical (unpaired) electrons. The molecule has 0 aliphatic heterocycles. The van der Waals surface area contributed by atoms with E-state index in [4.69, 9.17) is 19.2 Å². The molecule has 0 heterocycles. The Bertz CT molecular complexity index is 281. The lowest BCUT2D eigenvalue weighted by atomic mass is 10.1. The third kappa shape index (κ3) is 26.4. The summed E-state index contributed by atoms with van der Waals surface area (Å²) in [5.74, 6) is 0. The fraction of sp³-hybridized carbons (Fsp3) is 1.00. The van der Waals surface area contributed by atoms with Crippen LogP contribution in [0.25, 0.3) is 0 Å². The van der Waals surface area contributed by atoms with Gasteiger partial charge in [0.1, 0.15) is 0 Å². The molecule has 154 valence electrons. The molecule has 6 heteroatoms. The molecule has 0 spiro atoms. The standard InChI is InChI=1S/C19H42N.H3O4P/c1-5-8-11-14-17-20(4,18-15-12-9-6-2)19-16-13-10-7-3;1-5(2,3)4/h5-19H2,1-4H3;(H3,1,2,3,4)/q+1;/p-1. The van der Waals surface area contributed by atoms with E-state index in [1.807, 2.05) is 0 Å². The number of rotatable bonds is 15. The molecule has 0 rings (SSSR count). The number of hydrogen-bond acceptors (Lipinski definition) is 2. The van der Waals surface area contributed by atoms with Crippen molar-refractivity contribution in [2.45, 2.75) is 97.8 Å². The fourth-order valence-corrected chi connectivity index (χ4v) is 3.10. The minimum atomic E-state index is -4.89. The van der Waals surface area contributed by atoms with Crippen molar-refractivity contribution >= 4 is 7.82 Å². The second-order valence-corrected chi connectivity index (χ2v) is 8.44. The zero-order valence-corrected chi connectivity index (χ0v) is 18.1. The number of unbranched alkanes of at least 4 members (excludes halogenated alkanes) is 9. The molecule has 0 aliphatic rings. The summed E-state index contributed by atoms with van der Waals surface area (Å²) in [6, 6.07) is 0. The van der Waals surface area contributed by atoms with Crippen LogP contribution in [-0.2, 0) is 4.57 Å². The summed E-state index contributed by atoms with van der Waals surface area (Å²) in [7, 11) is -2.37. The fourth-order valence-electron chi connectivity index (χ4n) is 3.10. The van der Waals surface area contributed by atoms with Crippen molar-refractivity contribution in [3.8, 4) is 0 Å². The first-order valence-corrected chi connectivity index (χ1v) is 11.8. The van der Waals surface area contributed by atoms with E-state index in [0.29, 0.717) is 0 Å². The summed E-state index contributed by atoms with van der Waals surface area (Å²) in [5.41, 5.74) is 0. The van der Waals surface area contributed by atoms with Gasteiger partial charge in [-0.05, 0) is 38.5 Å². The molecule has 0 bridgehead atoms. The van der Waals surface area contributed by atoms with Crippen LogP contribution < -0.4 is 4.89 Å². The lowest BCUT2D eigenvalue weighted by Gasteiger charge is -2.35. The number of nitrogens with zero attached hydrogens (tertiary/aromatic N) is 1. The summed E-state index contributed by atoms with van der Waals surface area (Å²) < 4.78 is 10.1. The molecule has 0 aromatic heterocycles. The van der Waals surface area contributed by atoms with Gasteiger partial charge in [0.05, 0.1) is 26.7 Å². The van der Waals surface area contributed by atoms with Gasteiger partial charge in [-0.3, -0.25) is 4.57 Å². The Labute approximate surface area is 156 Å². The first-order valence-electron chi connectivity index (χ1n) is 10.3. The first-order chi connectivity index (χ1) is 11.7. The minimum absolute atomic E-state index is 1.34. The second-order valence-electron chi connectivity index (χ2n) is 7.46. The Morgan fingerprint density at radius 2 is 0.920 bits per heavy atom. The quantitative estimate of drug-likeness (QED) is 0.246. The van der Waals surface area contributed by atoms with Crippen LogP contribution in [0.5, 0.6) is 0 Å². The maximum atomic E-state index is 8.77. The molecule has 0 aliphatic carbocycles. The van der Waals surface area contributed by atoms with Crippen LogP contribution in [0.3, 0.4) is 0 Å². The maximum Gasteiger partial charge on any atom is 0.262 e. The van der Waals surface area contributed by atoms with E-state index in [2.05, 4.69) is 27.8 Å². The van der Waals surface area contributed by atoms with E-state index in [9.17, 15) is 0 Å². The van der Waals surface area contributed by atoms with Gasteiger partial charge in [-0.2, -0.15) is 0 Å². The van der Waals surface area contributed by atoms with Crippen LogP contribution in [0.2, 0.25) is 0 Å². The van der Waals surface area contributed by atoms with Gasteiger partial charge in [-0.15, -0.1) is 0 Å². The molecule has 0 saturated carbocycles. The van der Waals surface area contributed by atoms with Crippen molar-refractivity contribution in [1.29, 1.82) is 0 Å². The van der Waals surface area contributed by atoms with Crippen molar-refractivity contribution < 1.29 is 23.7 Å². The highest BCUT2D eigenvalue weighted by Gasteiger charge is 2.19. The molecule has 2 N–H and O–H groups in total.